The number of aromatic nitrogens is 1. The number of rotatable bonds is 5. The van der Waals surface area contributed by atoms with Crippen molar-refractivity contribution in [3.63, 3.8) is 0 Å². The van der Waals surface area contributed by atoms with Crippen LogP contribution in [0.2, 0.25) is 5.15 Å². The average molecular weight is 403 g/mol. The number of aryl methyl sites for hydroxylation is 1. The molecular formula is C21H20ClFN2O3. The highest BCUT2D eigenvalue weighted by molar-refractivity contribution is 6.30. The van der Waals surface area contributed by atoms with Gasteiger partial charge >= 0.3 is 5.97 Å². The first-order chi connectivity index (χ1) is 13.4. The number of methoxy groups -OCH3 is 1. The molecule has 0 aliphatic carbocycles. The molecule has 1 atom stereocenters. The first-order valence-corrected chi connectivity index (χ1v) is 9.04. The van der Waals surface area contributed by atoms with Crippen LogP contribution in [0.4, 0.5) is 10.1 Å². The first-order valence-electron chi connectivity index (χ1n) is 8.67. The van der Waals surface area contributed by atoms with Crippen LogP contribution in [0, 0.1) is 6.92 Å². The van der Waals surface area contributed by atoms with Gasteiger partial charge in [0.15, 0.2) is 0 Å². The van der Waals surface area contributed by atoms with Crippen molar-refractivity contribution in [1.29, 1.82) is 0 Å². The van der Waals surface area contributed by atoms with Gasteiger partial charge in [0.25, 0.3) is 5.56 Å². The Kier molecular flexibility index (Phi) is 5.70. The predicted octanol–water partition coefficient (Wildman–Crippen LogP) is 4.41. The minimum atomic E-state index is -0.781. The van der Waals surface area contributed by atoms with Gasteiger partial charge in [-0.1, -0.05) is 29.8 Å². The lowest BCUT2D eigenvalue weighted by atomic mass is 9.97. The van der Waals surface area contributed by atoms with Crippen LogP contribution in [-0.4, -0.2) is 24.3 Å². The second-order valence-electron chi connectivity index (χ2n) is 6.54. The minimum absolute atomic E-state index is 0.250. The molecule has 2 aromatic carbocycles. The van der Waals surface area contributed by atoms with E-state index >= 15 is 0 Å². The molecule has 146 valence electrons. The Labute approximate surface area is 166 Å². The zero-order valence-corrected chi connectivity index (χ0v) is 16.5. The van der Waals surface area contributed by atoms with Crippen LogP contribution in [0.15, 0.2) is 47.3 Å². The van der Waals surface area contributed by atoms with Crippen LogP contribution in [0.1, 0.15) is 27.5 Å². The molecule has 0 aliphatic heterocycles. The maximum absolute atomic E-state index is 14.1. The summed E-state index contributed by atoms with van der Waals surface area (Å²) in [6.45, 7) is 1.09. The summed E-state index contributed by atoms with van der Waals surface area (Å²) in [4.78, 5) is 24.6. The highest BCUT2D eigenvalue weighted by Crippen LogP contribution is 2.30. The zero-order chi connectivity index (χ0) is 20.4. The Morgan fingerprint density at radius 2 is 1.96 bits per heavy atom. The normalized spacial score (nSPS) is 12.0. The van der Waals surface area contributed by atoms with Gasteiger partial charge in [0.2, 0.25) is 0 Å². The number of esters is 1. The fourth-order valence-corrected chi connectivity index (χ4v) is 3.42. The van der Waals surface area contributed by atoms with Crippen molar-refractivity contribution < 1.29 is 13.9 Å². The third-order valence-electron chi connectivity index (χ3n) is 4.67. The summed E-state index contributed by atoms with van der Waals surface area (Å²) in [7, 11) is 2.88. The van der Waals surface area contributed by atoms with Crippen LogP contribution in [0.3, 0.4) is 0 Å². The second-order valence-corrected chi connectivity index (χ2v) is 6.92. The molecule has 0 aliphatic rings. The van der Waals surface area contributed by atoms with Crippen LogP contribution < -0.4 is 10.9 Å². The number of hydrogen-bond acceptors (Lipinski definition) is 4. The lowest BCUT2D eigenvalue weighted by Crippen LogP contribution is -2.20. The van der Waals surface area contributed by atoms with Gasteiger partial charge in [-0.15, -0.1) is 0 Å². The molecule has 5 nitrogen and oxygen atoms in total. The van der Waals surface area contributed by atoms with E-state index in [4.69, 9.17) is 16.3 Å². The van der Waals surface area contributed by atoms with Crippen molar-refractivity contribution in [2.75, 3.05) is 19.1 Å². The van der Waals surface area contributed by atoms with E-state index in [1.54, 1.807) is 43.4 Å². The Morgan fingerprint density at radius 1 is 1.25 bits per heavy atom. The Morgan fingerprint density at radius 3 is 2.64 bits per heavy atom. The van der Waals surface area contributed by atoms with Gasteiger partial charge in [0, 0.05) is 18.1 Å². The fraction of sp³-hybridized carbons (Fsp3) is 0.238. The molecule has 0 radical (unpaired) electrons. The zero-order valence-electron chi connectivity index (χ0n) is 15.8. The van der Waals surface area contributed by atoms with Crippen molar-refractivity contribution in [1.82, 2.24) is 4.57 Å². The molecule has 7 heteroatoms. The monoisotopic (exact) mass is 402 g/mol. The second kappa shape index (κ2) is 8.02. The third-order valence-corrected chi connectivity index (χ3v) is 5.03. The predicted molar refractivity (Wildman–Crippen MR) is 109 cm³/mol. The summed E-state index contributed by atoms with van der Waals surface area (Å²) < 4.78 is 20.2. The van der Waals surface area contributed by atoms with E-state index in [0.717, 1.165) is 5.56 Å². The SMILES string of the molecule is COC(=O)c1ccccc1NC(CF)c1cc(C)cc2c(=O)n(C)c(Cl)cc12. The van der Waals surface area contributed by atoms with Crippen molar-refractivity contribution in [2.45, 2.75) is 13.0 Å². The largest absolute Gasteiger partial charge is 0.465 e. The fourth-order valence-electron chi connectivity index (χ4n) is 3.23. The summed E-state index contributed by atoms with van der Waals surface area (Å²) in [5.74, 6) is -0.522. The number of nitrogens with one attached hydrogen (secondary N) is 1. The summed E-state index contributed by atoms with van der Waals surface area (Å²) in [5.41, 5.74) is 1.91. The number of para-hydroxylation sites is 1. The third kappa shape index (κ3) is 3.60. The van der Waals surface area contributed by atoms with E-state index in [2.05, 4.69) is 5.32 Å². The van der Waals surface area contributed by atoms with Gasteiger partial charge in [-0.3, -0.25) is 4.79 Å². The van der Waals surface area contributed by atoms with Crippen molar-refractivity contribution in [3.8, 4) is 0 Å². The smallest absolute Gasteiger partial charge is 0.339 e. The number of halogens is 2. The summed E-state index contributed by atoms with van der Waals surface area (Å²) >= 11 is 6.19. The number of anilines is 1. The molecule has 0 fully saturated rings. The molecule has 0 bridgehead atoms. The molecule has 3 rings (SSSR count). The number of benzene rings is 2. The van der Waals surface area contributed by atoms with E-state index in [9.17, 15) is 14.0 Å². The van der Waals surface area contributed by atoms with Crippen LogP contribution in [0.25, 0.3) is 10.8 Å². The van der Waals surface area contributed by atoms with Crippen molar-refractivity contribution in [3.05, 3.63) is 74.7 Å². The molecule has 3 aromatic rings. The Hall–Kier alpha value is -2.86. The molecule has 0 saturated carbocycles. The van der Waals surface area contributed by atoms with Gasteiger partial charge in [0.05, 0.1) is 18.7 Å². The molecule has 1 heterocycles. The maximum Gasteiger partial charge on any atom is 0.339 e. The highest BCUT2D eigenvalue weighted by Gasteiger charge is 2.20. The van der Waals surface area contributed by atoms with Crippen LogP contribution in [-0.2, 0) is 11.8 Å². The topological polar surface area (TPSA) is 60.3 Å². The molecular weight excluding hydrogens is 383 g/mol. The van der Waals surface area contributed by atoms with Gasteiger partial charge in [-0.25, -0.2) is 9.18 Å². The van der Waals surface area contributed by atoms with E-state index in [1.807, 2.05) is 13.0 Å². The average Bonchev–Trinajstić information content (AvgIpc) is 2.70. The maximum atomic E-state index is 14.1. The van der Waals surface area contributed by atoms with E-state index < -0.39 is 18.7 Å². The summed E-state index contributed by atoms with van der Waals surface area (Å²) in [6.07, 6.45) is 0. The van der Waals surface area contributed by atoms with E-state index in [-0.39, 0.29) is 10.7 Å². The Bertz CT molecular complexity index is 1110. The standard InChI is InChI=1S/C21H20ClFN2O3/c1-12-8-15(14-10-19(22)25(2)20(26)16(14)9-12)18(11-23)24-17-7-5-4-6-13(17)21(27)28-3/h4-10,18,24H,11H2,1-3H3. The first kappa shape index (κ1) is 19.9. The molecule has 28 heavy (non-hydrogen) atoms. The number of fused-ring (bicyclic) bond motifs is 1. The quantitative estimate of drug-likeness (QED) is 0.507. The number of carbonyl (C=O) groups is 1. The molecule has 0 spiro atoms. The van der Waals surface area contributed by atoms with Crippen LogP contribution >= 0.6 is 11.6 Å². The Balaban J connectivity index is 2.16. The minimum Gasteiger partial charge on any atom is -0.465 e. The molecule has 1 unspecified atom stereocenters. The number of nitrogens with zero attached hydrogens (tertiary/aromatic N) is 1. The van der Waals surface area contributed by atoms with E-state index in [1.165, 1.54) is 11.7 Å². The summed E-state index contributed by atoms with van der Waals surface area (Å²) in [6, 6.07) is 11.2. The number of hydrogen-bond donors (Lipinski definition) is 1. The van der Waals surface area contributed by atoms with Crippen molar-refractivity contribution in [2.24, 2.45) is 7.05 Å². The van der Waals surface area contributed by atoms with Crippen LogP contribution in [0.5, 0.6) is 0 Å². The number of alkyl halides is 1. The van der Waals surface area contributed by atoms with Gasteiger partial charge in [-0.2, -0.15) is 0 Å². The molecule has 0 saturated heterocycles. The van der Waals surface area contributed by atoms with Gasteiger partial charge in [-0.05, 0) is 47.7 Å². The molecule has 1 N–H and O–H groups in total. The number of carbonyl (C=O) groups excluding carboxylic acids is 1. The van der Waals surface area contributed by atoms with Crippen molar-refractivity contribution >= 4 is 34.0 Å². The van der Waals surface area contributed by atoms with Gasteiger partial charge in [0.1, 0.15) is 11.8 Å². The number of ether oxygens (including phenoxy) is 1. The number of pyridine rings is 1. The molecule has 0 amide bonds. The summed E-state index contributed by atoms with van der Waals surface area (Å²) in [5, 5.41) is 4.37. The lowest BCUT2D eigenvalue weighted by molar-refractivity contribution is 0.0601. The van der Waals surface area contributed by atoms with E-state index in [0.29, 0.717) is 27.6 Å². The highest BCUT2D eigenvalue weighted by atomic mass is 35.5. The molecule has 1 aromatic heterocycles. The lowest BCUT2D eigenvalue weighted by Gasteiger charge is -2.21. The van der Waals surface area contributed by atoms with Gasteiger partial charge < -0.3 is 14.6 Å².